The van der Waals surface area contributed by atoms with E-state index >= 15 is 0 Å². The lowest BCUT2D eigenvalue weighted by Crippen LogP contribution is -2.35. The van der Waals surface area contributed by atoms with E-state index in [0.29, 0.717) is 12.1 Å². The zero-order valence-electron chi connectivity index (χ0n) is 15.8. The van der Waals surface area contributed by atoms with Crippen molar-refractivity contribution >= 4 is 22.7 Å². The van der Waals surface area contributed by atoms with Crippen molar-refractivity contribution in [1.29, 1.82) is 0 Å². The molecule has 6 nitrogen and oxygen atoms in total. The molecule has 0 spiro atoms. The molecule has 3 heterocycles. The number of benzene rings is 1. The first-order chi connectivity index (χ1) is 13.7. The van der Waals surface area contributed by atoms with Crippen molar-refractivity contribution < 1.29 is 9.59 Å². The van der Waals surface area contributed by atoms with E-state index in [0.717, 1.165) is 43.4 Å². The molecule has 2 amide bonds. The van der Waals surface area contributed by atoms with Crippen molar-refractivity contribution in [1.82, 2.24) is 20.2 Å². The van der Waals surface area contributed by atoms with Gasteiger partial charge in [0.2, 0.25) is 0 Å². The maximum Gasteiger partial charge on any atom is 0.269 e. The van der Waals surface area contributed by atoms with Gasteiger partial charge in [-0.25, -0.2) is 0 Å². The highest BCUT2D eigenvalue weighted by Gasteiger charge is 2.19. The number of hydrogen-bond donors (Lipinski definition) is 2. The molecule has 0 aliphatic carbocycles. The number of fused-ring (bicyclic) bond motifs is 1. The van der Waals surface area contributed by atoms with Gasteiger partial charge in [0, 0.05) is 48.5 Å². The quantitative estimate of drug-likeness (QED) is 0.718. The molecule has 0 radical (unpaired) electrons. The van der Waals surface area contributed by atoms with E-state index < -0.39 is 0 Å². The van der Waals surface area contributed by atoms with Gasteiger partial charge in [0.05, 0.1) is 0 Å². The Balaban J connectivity index is 1.37. The molecule has 0 atom stereocenters. The highest BCUT2D eigenvalue weighted by Crippen LogP contribution is 2.18. The van der Waals surface area contributed by atoms with E-state index in [-0.39, 0.29) is 17.5 Å². The van der Waals surface area contributed by atoms with Crippen LogP contribution < -0.4 is 5.32 Å². The van der Waals surface area contributed by atoms with Crippen LogP contribution >= 0.6 is 0 Å². The molecule has 0 bridgehead atoms. The van der Waals surface area contributed by atoms with Gasteiger partial charge in [-0.15, -0.1) is 0 Å². The zero-order valence-corrected chi connectivity index (χ0v) is 15.8. The zero-order chi connectivity index (χ0) is 19.3. The number of aromatic nitrogens is 2. The number of carbonyl (C=O) groups excluding carboxylic acids is 2. The normalized spacial score (nSPS) is 14.2. The summed E-state index contributed by atoms with van der Waals surface area (Å²) in [6.07, 6.45) is 7.49. The number of para-hydroxylation sites is 1. The average Bonchev–Trinajstić information content (AvgIpc) is 3.17. The predicted octanol–water partition coefficient (Wildman–Crippen LogP) is 3.16. The van der Waals surface area contributed by atoms with Crippen LogP contribution in [-0.2, 0) is 6.42 Å². The molecule has 1 aromatic carbocycles. The van der Waals surface area contributed by atoms with Gasteiger partial charge in [-0.2, -0.15) is 0 Å². The molecule has 4 rings (SSSR count). The van der Waals surface area contributed by atoms with Gasteiger partial charge in [-0.05, 0) is 49.4 Å². The molecule has 2 aromatic heterocycles. The molecule has 1 aliphatic rings. The number of hydrogen-bond acceptors (Lipinski definition) is 3. The van der Waals surface area contributed by atoms with Crippen LogP contribution in [0.3, 0.4) is 0 Å². The van der Waals surface area contributed by atoms with E-state index in [1.165, 1.54) is 18.0 Å². The smallest absolute Gasteiger partial charge is 0.269 e. The molecule has 28 heavy (non-hydrogen) atoms. The third kappa shape index (κ3) is 3.91. The second kappa shape index (κ2) is 8.25. The first kappa shape index (κ1) is 18.2. The number of carbonyl (C=O) groups is 2. The lowest BCUT2D eigenvalue weighted by Gasteiger charge is -2.26. The molecule has 3 aromatic rings. The van der Waals surface area contributed by atoms with E-state index in [1.807, 2.05) is 29.3 Å². The van der Waals surface area contributed by atoms with E-state index in [1.54, 1.807) is 12.1 Å². The number of H-pyrrole nitrogens is 1. The van der Waals surface area contributed by atoms with Crippen molar-refractivity contribution in [3.05, 3.63) is 65.6 Å². The van der Waals surface area contributed by atoms with Gasteiger partial charge >= 0.3 is 0 Å². The molecular weight excluding hydrogens is 352 g/mol. The number of nitrogens with one attached hydrogen (secondary N) is 2. The fraction of sp³-hybridized carbons (Fsp3) is 0.318. The van der Waals surface area contributed by atoms with Crippen LogP contribution in [0.1, 0.15) is 45.7 Å². The fourth-order valence-electron chi connectivity index (χ4n) is 3.71. The summed E-state index contributed by atoms with van der Waals surface area (Å²) in [5.41, 5.74) is 3.06. The van der Waals surface area contributed by atoms with Crippen LogP contribution in [0.4, 0.5) is 0 Å². The Labute approximate surface area is 164 Å². The minimum Gasteiger partial charge on any atom is -0.361 e. The standard InChI is InChI=1S/C22H24N4O2/c27-21(24-11-9-17-15-25-19-7-3-2-6-18(17)19)20-14-16(8-10-23-20)22(28)26-12-4-1-5-13-26/h2-3,6-8,10,14-15,25H,1,4-5,9,11-13H2,(H,24,27). The maximum absolute atomic E-state index is 12.6. The second-order valence-electron chi connectivity index (χ2n) is 7.15. The molecular formula is C22H24N4O2. The Hall–Kier alpha value is -3.15. The number of rotatable bonds is 5. The Kier molecular flexibility index (Phi) is 5.37. The summed E-state index contributed by atoms with van der Waals surface area (Å²) in [6.45, 7) is 2.08. The Morgan fingerprint density at radius 3 is 2.79 bits per heavy atom. The Morgan fingerprint density at radius 1 is 1.11 bits per heavy atom. The number of pyridine rings is 1. The van der Waals surface area contributed by atoms with E-state index in [4.69, 9.17) is 0 Å². The number of amides is 2. The Morgan fingerprint density at radius 2 is 1.93 bits per heavy atom. The summed E-state index contributed by atoms with van der Waals surface area (Å²) in [5, 5.41) is 4.08. The number of aromatic amines is 1. The molecule has 1 saturated heterocycles. The monoisotopic (exact) mass is 376 g/mol. The first-order valence-electron chi connectivity index (χ1n) is 9.81. The van der Waals surface area contributed by atoms with E-state index in [9.17, 15) is 9.59 Å². The molecule has 0 saturated carbocycles. The van der Waals surface area contributed by atoms with Crippen molar-refractivity contribution in [2.75, 3.05) is 19.6 Å². The van der Waals surface area contributed by atoms with Gasteiger partial charge in [0.15, 0.2) is 0 Å². The van der Waals surface area contributed by atoms with Crippen molar-refractivity contribution in [3.8, 4) is 0 Å². The predicted molar refractivity (Wildman–Crippen MR) is 108 cm³/mol. The van der Waals surface area contributed by atoms with Crippen molar-refractivity contribution in [2.24, 2.45) is 0 Å². The summed E-state index contributed by atoms with van der Waals surface area (Å²) in [5.74, 6) is -0.275. The van der Waals surface area contributed by atoms with Gasteiger partial charge in [0.1, 0.15) is 5.69 Å². The molecule has 1 fully saturated rings. The van der Waals surface area contributed by atoms with Crippen LogP contribution in [0, 0.1) is 0 Å². The topological polar surface area (TPSA) is 78.1 Å². The van der Waals surface area contributed by atoms with Crippen LogP contribution in [0.15, 0.2) is 48.8 Å². The summed E-state index contributed by atoms with van der Waals surface area (Å²) < 4.78 is 0. The SMILES string of the molecule is O=C(NCCc1c[nH]c2ccccc12)c1cc(C(=O)N2CCCCC2)ccn1. The number of nitrogens with zero attached hydrogens (tertiary/aromatic N) is 2. The summed E-state index contributed by atoms with van der Waals surface area (Å²) in [6, 6.07) is 11.4. The number of likely N-dealkylation sites (tertiary alicyclic amines) is 1. The Bertz CT molecular complexity index is 989. The molecule has 6 heteroatoms. The van der Waals surface area contributed by atoms with Crippen molar-refractivity contribution in [3.63, 3.8) is 0 Å². The van der Waals surface area contributed by atoms with Gasteiger partial charge in [-0.1, -0.05) is 18.2 Å². The summed E-state index contributed by atoms with van der Waals surface area (Å²) in [7, 11) is 0. The van der Waals surface area contributed by atoms with E-state index in [2.05, 4.69) is 21.4 Å². The molecule has 2 N–H and O–H groups in total. The highest BCUT2D eigenvalue weighted by atomic mass is 16.2. The molecule has 0 unspecified atom stereocenters. The molecule has 144 valence electrons. The van der Waals surface area contributed by atoms with Gasteiger partial charge in [-0.3, -0.25) is 14.6 Å². The first-order valence-corrected chi connectivity index (χ1v) is 9.81. The minimum atomic E-state index is -0.256. The van der Waals surface area contributed by atoms with Crippen LogP contribution in [0.2, 0.25) is 0 Å². The van der Waals surface area contributed by atoms with Crippen LogP contribution in [0.25, 0.3) is 10.9 Å². The summed E-state index contributed by atoms with van der Waals surface area (Å²) >= 11 is 0. The largest absolute Gasteiger partial charge is 0.361 e. The van der Waals surface area contributed by atoms with Crippen LogP contribution in [-0.4, -0.2) is 46.3 Å². The average molecular weight is 376 g/mol. The maximum atomic E-state index is 12.6. The van der Waals surface area contributed by atoms with Crippen molar-refractivity contribution in [2.45, 2.75) is 25.7 Å². The minimum absolute atomic E-state index is 0.0186. The van der Waals surface area contributed by atoms with Crippen LogP contribution in [0.5, 0.6) is 0 Å². The van der Waals surface area contributed by atoms with Gasteiger partial charge in [0.25, 0.3) is 11.8 Å². The van der Waals surface area contributed by atoms with Gasteiger partial charge < -0.3 is 15.2 Å². The third-order valence-electron chi connectivity index (χ3n) is 5.24. The summed E-state index contributed by atoms with van der Waals surface area (Å²) in [4.78, 5) is 34.4. The highest BCUT2D eigenvalue weighted by molar-refractivity contribution is 5.98. The lowest BCUT2D eigenvalue weighted by atomic mass is 10.1. The second-order valence-corrected chi connectivity index (χ2v) is 7.15. The fourth-order valence-corrected chi connectivity index (χ4v) is 3.71. The third-order valence-corrected chi connectivity index (χ3v) is 5.24. The molecule has 1 aliphatic heterocycles. The number of piperidine rings is 1. The lowest BCUT2D eigenvalue weighted by molar-refractivity contribution is 0.0724.